The zero-order valence-electron chi connectivity index (χ0n) is 14.5. The van der Waals surface area contributed by atoms with Crippen molar-refractivity contribution in [3.8, 4) is 0 Å². The summed E-state index contributed by atoms with van der Waals surface area (Å²) in [5.74, 6) is 0.579. The molecule has 0 aliphatic rings. The molecule has 8 heteroatoms. The van der Waals surface area contributed by atoms with Crippen molar-refractivity contribution in [3.05, 3.63) is 30.1 Å². The number of carbonyl (C=O) groups is 1. The van der Waals surface area contributed by atoms with Gasteiger partial charge in [0.2, 0.25) is 11.1 Å². The van der Waals surface area contributed by atoms with Crippen molar-refractivity contribution in [1.29, 1.82) is 0 Å². The van der Waals surface area contributed by atoms with E-state index >= 15 is 0 Å². The summed E-state index contributed by atoms with van der Waals surface area (Å²) in [5, 5.41) is 15.2. The number of hydrogen-bond donors (Lipinski definition) is 1. The average Bonchev–Trinajstić information content (AvgIpc) is 2.97. The zero-order valence-corrected chi connectivity index (χ0v) is 15.3. The minimum absolute atomic E-state index is 0.0158. The second-order valence-electron chi connectivity index (χ2n) is 6.40. The molecule has 0 bridgehead atoms. The standard InChI is InChI=1S/C16H24N6OS/c1-11(2)10-22-16(19-20-21-22)24-14(12(3)4)15(23)18-9-13-6-5-7-17-8-13/h5-8,11-12,14H,9-10H2,1-4H3,(H,18,23)/t14-/m0/s1. The van der Waals surface area contributed by atoms with E-state index in [1.807, 2.05) is 26.0 Å². The fourth-order valence-corrected chi connectivity index (χ4v) is 3.15. The van der Waals surface area contributed by atoms with E-state index in [0.29, 0.717) is 17.6 Å². The van der Waals surface area contributed by atoms with Crippen molar-refractivity contribution in [2.75, 3.05) is 0 Å². The predicted molar refractivity (Wildman–Crippen MR) is 93.2 cm³/mol. The molecule has 130 valence electrons. The highest BCUT2D eigenvalue weighted by Gasteiger charge is 2.26. The number of carbonyl (C=O) groups excluding carboxylic acids is 1. The van der Waals surface area contributed by atoms with Gasteiger partial charge in [-0.1, -0.05) is 45.5 Å². The van der Waals surface area contributed by atoms with Gasteiger partial charge >= 0.3 is 0 Å². The van der Waals surface area contributed by atoms with Crippen LogP contribution in [-0.2, 0) is 17.9 Å². The predicted octanol–water partition coefficient (Wildman–Crippen LogP) is 2.16. The number of amides is 1. The maximum Gasteiger partial charge on any atom is 0.234 e. The van der Waals surface area contributed by atoms with Crippen LogP contribution in [0, 0.1) is 11.8 Å². The van der Waals surface area contributed by atoms with E-state index in [4.69, 9.17) is 0 Å². The van der Waals surface area contributed by atoms with Gasteiger partial charge in [0.25, 0.3) is 0 Å². The highest BCUT2D eigenvalue weighted by Crippen LogP contribution is 2.26. The molecule has 0 radical (unpaired) electrons. The Balaban J connectivity index is 2.01. The maximum atomic E-state index is 12.6. The summed E-state index contributed by atoms with van der Waals surface area (Å²) in [4.78, 5) is 16.6. The fourth-order valence-electron chi connectivity index (χ4n) is 2.14. The molecule has 0 aliphatic heterocycles. The van der Waals surface area contributed by atoms with Crippen LogP contribution >= 0.6 is 11.8 Å². The summed E-state index contributed by atoms with van der Waals surface area (Å²) in [7, 11) is 0. The fraction of sp³-hybridized carbons (Fsp3) is 0.562. The van der Waals surface area contributed by atoms with Gasteiger partial charge in [0.05, 0.1) is 5.25 Å². The van der Waals surface area contributed by atoms with Crippen LogP contribution in [0.15, 0.2) is 29.7 Å². The normalized spacial score (nSPS) is 12.6. The summed E-state index contributed by atoms with van der Waals surface area (Å²) in [6.07, 6.45) is 3.47. The number of rotatable bonds is 8. The lowest BCUT2D eigenvalue weighted by Crippen LogP contribution is -2.35. The number of thioether (sulfide) groups is 1. The molecule has 0 aromatic carbocycles. The van der Waals surface area contributed by atoms with E-state index in [9.17, 15) is 4.79 Å². The Bertz CT molecular complexity index is 643. The third kappa shape index (κ3) is 5.30. The van der Waals surface area contributed by atoms with E-state index < -0.39 is 0 Å². The molecule has 1 N–H and O–H groups in total. The topological polar surface area (TPSA) is 85.6 Å². The first-order valence-electron chi connectivity index (χ1n) is 8.06. The van der Waals surface area contributed by atoms with Gasteiger partial charge in [-0.3, -0.25) is 9.78 Å². The van der Waals surface area contributed by atoms with Crippen molar-refractivity contribution >= 4 is 17.7 Å². The van der Waals surface area contributed by atoms with E-state index in [-0.39, 0.29) is 17.1 Å². The van der Waals surface area contributed by atoms with Crippen LogP contribution in [0.4, 0.5) is 0 Å². The van der Waals surface area contributed by atoms with Gasteiger partial charge in [0.15, 0.2) is 0 Å². The number of aromatic nitrogens is 5. The lowest BCUT2D eigenvalue weighted by atomic mass is 10.1. The Morgan fingerprint density at radius 1 is 1.33 bits per heavy atom. The number of pyridine rings is 1. The summed E-state index contributed by atoms with van der Waals surface area (Å²) >= 11 is 1.41. The van der Waals surface area contributed by atoms with E-state index in [2.05, 4.69) is 39.7 Å². The molecule has 2 rings (SSSR count). The van der Waals surface area contributed by atoms with Crippen LogP contribution in [0.5, 0.6) is 0 Å². The molecule has 1 amide bonds. The van der Waals surface area contributed by atoms with Gasteiger partial charge in [-0.15, -0.1) is 5.10 Å². The minimum Gasteiger partial charge on any atom is -0.351 e. The molecule has 0 fully saturated rings. The molecule has 2 aromatic rings. The maximum absolute atomic E-state index is 12.6. The molecule has 24 heavy (non-hydrogen) atoms. The number of nitrogens with one attached hydrogen (secondary N) is 1. The van der Waals surface area contributed by atoms with Crippen molar-refractivity contribution in [2.24, 2.45) is 11.8 Å². The Morgan fingerprint density at radius 2 is 2.12 bits per heavy atom. The first kappa shape index (κ1) is 18.4. The molecule has 7 nitrogen and oxygen atoms in total. The summed E-state index contributed by atoms with van der Waals surface area (Å²) < 4.78 is 1.76. The summed E-state index contributed by atoms with van der Waals surface area (Å²) in [6.45, 7) is 9.47. The first-order chi connectivity index (χ1) is 11.5. The molecular formula is C16H24N6OS. The zero-order chi connectivity index (χ0) is 17.5. The van der Waals surface area contributed by atoms with Gasteiger partial charge < -0.3 is 5.32 Å². The molecule has 2 heterocycles. The Hall–Kier alpha value is -1.96. The average molecular weight is 348 g/mol. The monoisotopic (exact) mass is 348 g/mol. The van der Waals surface area contributed by atoms with Crippen LogP contribution in [0.1, 0.15) is 33.3 Å². The largest absolute Gasteiger partial charge is 0.351 e. The quantitative estimate of drug-likeness (QED) is 0.736. The van der Waals surface area contributed by atoms with Crippen LogP contribution < -0.4 is 5.32 Å². The summed E-state index contributed by atoms with van der Waals surface area (Å²) in [5.41, 5.74) is 0.975. The Morgan fingerprint density at radius 3 is 2.75 bits per heavy atom. The highest BCUT2D eigenvalue weighted by molar-refractivity contribution is 8.00. The van der Waals surface area contributed by atoms with Gasteiger partial charge in [-0.05, 0) is 33.9 Å². The van der Waals surface area contributed by atoms with Crippen molar-refractivity contribution < 1.29 is 4.79 Å². The van der Waals surface area contributed by atoms with Crippen LogP contribution in [0.25, 0.3) is 0 Å². The molecule has 0 saturated heterocycles. The van der Waals surface area contributed by atoms with Crippen LogP contribution in [0.2, 0.25) is 0 Å². The van der Waals surface area contributed by atoms with E-state index in [1.54, 1.807) is 17.1 Å². The van der Waals surface area contributed by atoms with Gasteiger partial charge in [-0.2, -0.15) is 0 Å². The van der Waals surface area contributed by atoms with E-state index in [1.165, 1.54) is 11.8 Å². The Labute approximate surface area is 146 Å². The highest BCUT2D eigenvalue weighted by atomic mass is 32.2. The van der Waals surface area contributed by atoms with Crippen LogP contribution in [0.3, 0.4) is 0 Å². The first-order valence-corrected chi connectivity index (χ1v) is 8.94. The van der Waals surface area contributed by atoms with Gasteiger partial charge in [0, 0.05) is 25.5 Å². The van der Waals surface area contributed by atoms with Crippen molar-refractivity contribution in [3.63, 3.8) is 0 Å². The molecule has 0 aliphatic carbocycles. The van der Waals surface area contributed by atoms with E-state index in [0.717, 1.165) is 12.1 Å². The molecule has 0 unspecified atom stereocenters. The SMILES string of the molecule is CC(C)Cn1nnnc1S[C@H](C(=O)NCc1cccnc1)C(C)C. The smallest absolute Gasteiger partial charge is 0.234 e. The number of nitrogens with zero attached hydrogens (tertiary/aromatic N) is 5. The lowest BCUT2D eigenvalue weighted by molar-refractivity contribution is -0.121. The summed E-state index contributed by atoms with van der Waals surface area (Å²) in [6, 6.07) is 3.80. The second-order valence-corrected chi connectivity index (χ2v) is 7.51. The molecule has 2 aromatic heterocycles. The lowest BCUT2D eigenvalue weighted by Gasteiger charge is -2.19. The van der Waals surface area contributed by atoms with Gasteiger partial charge in [0.1, 0.15) is 0 Å². The molecule has 1 atom stereocenters. The number of hydrogen-bond acceptors (Lipinski definition) is 6. The van der Waals surface area contributed by atoms with Crippen LogP contribution in [-0.4, -0.2) is 36.3 Å². The third-order valence-corrected chi connectivity index (χ3v) is 4.84. The Kier molecular flexibility index (Phi) is 6.72. The molecular weight excluding hydrogens is 324 g/mol. The number of tetrazole rings is 1. The molecule has 0 saturated carbocycles. The van der Waals surface area contributed by atoms with Gasteiger partial charge in [-0.25, -0.2) is 4.68 Å². The molecule has 0 spiro atoms. The second kappa shape index (κ2) is 8.77. The van der Waals surface area contributed by atoms with Crippen molar-refractivity contribution in [1.82, 2.24) is 30.5 Å². The van der Waals surface area contributed by atoms with Crippen molar-refractivity contribution in [2.45, 2.75) is 51.2 Å². The minimum atomic E-state index is -0.251. The third-order valence-electron chi connectivity index (χ3n) is 3.32.